The molecule has 1 saturated heterocycles. The molecule has 1 aliphatic heterocycles. The SMILES string of the molecule is COc1ccc(CCN(C(C)=O)[C@H]2CC(=O)N(c3ccc(F)cc3)C2=O)cc1. The molecule has 6 nitrogen and oxygen atoms in total. The van der Waals surface area contributed by atoms with Crippen LogP contribution in [0.2, 0.25) is 0 Å². The van der Waals surface area contributed by atoms with Crippen LogP contribution >= 0.6 is 0 Å². The molecule has 1 atom stereocenters. The summed E-state index contributed by atoms with van der Waals surface area (Å²) in [6, 6.07) is 11.7. The number of hydrogen-bond acceptors (Lipinski definition) is 4. The zero-order chi connectivity index (χ0) is 20.3. The van der Waals surface area contributed by atoms with Crippen molar-refractivity contribution in [3.05, 3.63) is 59.9 Å². The van der Waals surface area contributed by atoms with E-state index >= 15 is 0 Å². The summed E-state index contributed by atoms with van der Waals surface area (Å²) in [5.74, 6) is -0.873. The van der Waals surface area contributed by atoms with Gasteiger partial charge < -0.3 is 9.64 Å². The molecule has 7 heteroatoms. The van der Waals surface area contributed by atoms with Crippen LogP contribution in [-0.2, 0) is 20.8 Å². The van der Waals surface area contributed by atoms with Gasteiger partial charge in [-0.25, -0.2) is 9.29 Å². The number of halogens is 1. The minimum Gasteiger partial charge on any atom is -0.497 e. The van der Waals surface area contributed by atoms with Gasteiger partial charge in [-0.2, -0.15) is 0 Å². The molecule has 3 amide bonds. The molecule has 0 saturated carbocycles. The molecule has 1 aliphatic rings. The second kappa shape index (κ2) is 8.21. The van der Waals surface area contributed by atoms with Crippen LogP contribution < -0.4 is 9.64 Å². The number of hydrogen-bond donors (Lipinski definition) is 0. The Balaban J connectivity index is 1.74. The predicted molar refractivity (Wildman–Crippen MR) is 101 cm³/mol. The minimum atomic E-state index is -0.853. The lowest BCUT2D eigenvalue weighted by Gasteiger charge is -2.26. The molecular formula is C21H21FN2O4. The monoisotopic (exact) mass is 384 g/mol. The summed E-state index contributed by atoms with van der Waals surface area (Å²) >= 11 is 0. The van der Waals surface area contributed by atoms with Crippen molar-refractivity contribution in [2.24, 2.45) is 0 Å². The fraction of sp³-hybridized carbons (Fsp3) is 0.286. The first kappa shape index (κ1) is 19.5. The lowest BCUT2D eigenvalue weighted by molar-refractivity contribution is -0.136. The highest BCUT2D eigenvalue weighted by atomic mass is 19.1. The second-order valence-corrected chi connectivity index (χ2v) is 6.57. The molecule has 0 unspecified atom stereocenters. The minimum absolute atomic E-state index is 0.0849. The molecule has 1 heterocycles. The zero-order valence-corrected chi connectivity index (χ0v) is 15.7. The number of nitrogens with zero attached hydrogens (tertiary/aromatic N) is 2. The Bertz CT molecular complexity index is 880. The molecule has 0 radical (unpaired) electrons. The third kappa shape index (κ3) is 4.03. The van der Waals surface area contributed by atoms with Crippen molar-refractivity contribution >= 4 is 23.4 Å². The fourth-order valence-corrected chi connectivity index (χ4v) is 3.30. The van der Waals surface area contributed by atoms with Crippen LogP contribution in [0.5, 0.6) is 5.75 Å². The fourth-order valence-electron chi connectivity index (χ4n) is 3.30. The Morgan fingerprint density at radius 3 is 2.36 bits per heavy atom. The van der Waals surface area contributed by atoms with Gasteiger partial charge in [0, 0.05) is 13.5 Å². The lowest BCUT2D eigenvalue weighted by atomic mass is 10.1. The van der Waals surface area contributed by atoms with Gasteiger partial charge in [-0.3, -0.25) is 14.4 Å². The van der Waals surface area contributed by atoms with Crippen LogP contribution in [-0.4, -0.2) is 42.3 Å². The van der Waals surface area contributed by atoms with Gasteiger partial charge >= 0.3 is 0 Å². The normalized spacial score (nSPS) is 16.4. The summed E-state index contributed by atoms with van der Waals surface area (Å²) in [6.07, 6.45) is 0.455. The Morgan fingerprint density at radius 1 is 1.14 bits per heavy atom. The van der Waals surface area contributed by atoms with Crippen LogP contribution in [0.15, 0.2) is 48.5 Å². The van der Waals surface area contributed by atoms with Crippen molar-refractivity contribution in [2.75, 3.05) is 18.6 Å². The predicted octanol–water partition coefficient (Wildman–Crippen LogP) is 2.56. The van der Waals surface area contributed by atoms with Crippen molar-refractivity contribution in [1.29, 1.82) is 0 Å². The summed E-state index contributed by atoms with van der Waals surface area (Å²) in [7, 11) is 1.59. The maximum Gasteiger partial charge on any atom is 0.257 e. The maximum absolute atomic E-state index is 13.1. The third-order valence-corrected chi connectivity index (χ3v) is 4.79. The Hall–Kier alpha value is -3.22. The van der Waals surface area contributed by atoms with E-state index in [-0.39, 0.29) is 12.3 Å². The van der Waals surface area contributed by atoms with Gasteiger partial charge in [-0.15, -0.1) is 0 Å². The topological polar surface area (TPSA) is 66.9 Å². The first-order chi connectivity index (χ1) is 13.4. The number of carbonyl (C=O) groups is 3. The number of benzene rings is 2. The van der Waals surface area contributed by atoms with Gasteiger partial charge in [0.25, 0.3) is 5.91 Å². The summed E-state index contributed by atoms with van der Waals surface area (Å²) in [5.41, 5.74) is 1.29. The molecule has 0 bridgehead atoms. The summed E-state index contributed by atoms with van der Waals surface area (Å²) in [6.45, 7) is 1.69. The van der Waals surface area contributed by atoms with Crippen molar-refractivity contribution in [3.63, 3.8) is 0 Å². The first-order valence-corrected chi connectivity index (χ1v) is 8.93. The average Bonchev–Trinajstić information content (AvgIpc) is 2.97. The van der Waals surface area contributed by atoms with Gasteiger partial charge in [0.1, 0.15) is 17.6 Å². The van der Waals surface area contributed by atoms with Crippen molar-refractivity contribution in [2.45, 2.75) is 25.8 Å². The van der Waals surface area contributed by atoms with Gasteiger partial charge in [0.15, 0.2) is 0 Å². The first-order valence-electron chi connectivity index (χ1n) is 8.93. The van der Waals surface area contributed by atoms with E-state index in [0.717, 1.165) is 16.2 Å². The number of anilines is 1. The van der Waals surface area contributed by atoms with Gasteiger partial charge in [-0.1, -0.05) is 12.1 Å². The number of ether oxygens (including phenoxy) is 1. The zero-order valence-electron chi connectivity index (χ0n) is 15.7. The number of amides is 3. The van der Waals surface area contributed by atoms with E-state index in [4.69, 9.17) is 4.74 Å². The van der Waals surface area contributed by atoms with E-state index in [0.29, 0.717) is 18.7 Å². The second-order valence-electron chi connectivity index (χ2n) is 6.57. The average molecular weight is 384 g/mol. The Labute approximate surface area is 162 Å². The molecule has 0 aliphatic carbocycles. The van der Waals surface area contributed by atoms with Gasteiger partial charge in [-0.05, 0) is 48.4 Å². The highest BCUT2D eigenvalue weighted by molar-refractivity contribution is 6.22. The smallest absolute Gasteiger partial charge is 0.257 e. The van der Waals surface area contributed by atoms with Crippen LogP contribution in [0.3, 0.4) is 0 Å². The van der Waals surface area contributed by atoms with Crippen LogP contribution in [0.25, 0.3) is 0 Å². The largest absolute Gasteiger partial charge is 0.497 e. The molecule has 3 rings (SSSR count). The molecule has 0 aromatic heterocycles. The molecule has 1 fully saturated rings. The van der Waals surface area contributed by atoms with Crippen LogP contribution in [0.1, 0.15) is 18.9 Å². The van der Waals surface area contributed by atoms with Gasteiger partial charge in [0.05, 0.1) is 19.2 Å². The lowest BCUT2D eigenvalue weighted by Crippen LogP contribution is -2.45. The molecule has 0 N–H and O–H groups in total. The highest BCUT2D eigenvalue weighted by Gasteiger charge is 2.43. The molecular weight excluding hydrogens is 363 g/mol. The number of rotatable bonds is 6. The molecule has 2 aromatic carbocycles. The van der Waals surface area contributed by atoms with E-state index < -0.39 is 23.7 Å². The van der Waals surface area contributed by atoms with E-state index in [1.54, 1.807) is 7.11 Å². The molecule has 146 valence electrons. The maximum atomic E-state index is 13.1. The summed E-state index contributed by atoms with van der Waals surface area (Å²) in [4.78, 5) is 39.9. The molecule has 28 heavy (non-hydrogen) atoms. The highest BCUT2D eigenvalue weighted by Crippen LogP contribution is 2.26. The quantitative estimate of drug-likeness (QED) is 0.718. The summed E-state index contributed by atoms with van der Waals surface area (Å²) in [5, 5.41) is 0. The number of methoxy groups -OCH3 is 1. The van der Waals surface area contributed by atoms with Crippen molar-refractivity contribution in [1.82, 2.24) is 4.90 Å². The van der Waals surface area contributed by atoms with E-state index in [2.05, 4.69) is 0 Å². The molecule has 2 aromatic rings. The third-order valence-electron chi connectivity index (χ3n) is 4.79. The molecule has 0 spiro atoms. The van der Waals surface area contributed by atoms with Crippen molar-refractivity contribution in [3.8, 4) is 5.75 Å². The van der Waals surface area contributed by atoms with Gasteiger partial charge in [0.2, 0.25) is 11.8 Å². The summed E-state index contributed by atoms with van der Waals surface area (Å²) < 4.78 is 18.3. The van der Waals surface area contributed by atoms with Crippen LogP contribution in [0.4, 0.5) is 10.1 Å². The van der Waals surface area contributed by atoms with E-state index in [1.807, 2.05) is 24.3 Å². The Morgan fingerprint density at radius 2 is 1.79 bits per heavy atom. The number of carbonyl (C=O) groups excluding carboxylic acids is 3. The number of imide groups is 1. The van der Waals surface area contributed by atoms with E-state index in [9.17, 15) is 18.8 Å². The van der Waals surface area contributed by atoms with E-state index in [1.165, 1.54) is 36.1 Å². The van der Waals surface area contributed by atoms with Crippen LogP contribution in [0, 0.1) is 5.82 Å². The standard InChI is InChI=1S/C21H21FN2O4/c1-14(25)23(12-11-15-3-9-18(28-2)10-4-15)19-13-20(26)24(21(19)27)17-7-5-16(22)6-8-17/h3-10,19H,11-13H2,1-2H3/t19-/m0/s1. The van der Waals surface area contributed by atoms with Crippen molar-refractivity contribution < 1.29 is 23.5 Å². The Kier molecular flexibility index (Phi) is 5.73.